The van der Waals surface area contributed by atoms with Gasteiger partial charge in [0.1, 0.15) is 6.61 Å². The zero-order valence-corrected chi connectivity index (χ0v) is 9.92. The number of carbonyl (C=O) groups excluding carboxylic acids is 3. The van der Waals surface area contributed by atoms with E-state index in [2.05, 4.69) is 4.84 Å². The average Bonchev–Trinajstić information content (AvgIpc) is 2.65. The van der Waals surface area contributed by atoms with Gasteiger partial charge in [-0.05, 0) is 0 Å². The maximum atomic E-state index is 11.2. The lowest BCUT2D eigenvalue weighted by atomic mass is 10.4. The van der Waals surface area contributed by atoms with Crippen molar-refractivity contribution in [3.05, 3.63) is 0 Å². The minimum Gasteiger partial charge on any atom is -0.378 e. The first-order valence-electron chi connectivity index (χ1n) is 5.57. The molecule has 1 aliphatic heterocycles. The number of carbonyl (C=O) groups is 3. The van der Waals surface area contributed by atoms with Gasteiger partial charge in [-0.2, -0.15) is 0 Å². The second-order valence-corrected chi connectivity index (χ2v) is 3.50. The third-order valence-corrected chi connectivity index (χ3v) is 2.05. The summed E-state index contributed by atoms with van der Waals surface area (Å²) in [5, 5.41) is 0.483. The van der Waals surface area contributed by atoms with Gasteiger partial charge in [0.05, 0.1) is 19.8 Å². The van der Waals surface area contributed by atoms with Crippen molar-refractivity contribution in [3.8, 4) is 0 Å². The predicted octanol–water partition coefficient (Wildman–Crippen LogP) is -1.41. The SMILES string of the molecule is NCCOCCOCC(=O)ON1C(=O)CCC1=O. The highest BCUT2D eigenvalue weighted by atomic mass is 16.7. The summed E-state index contributed by atoms with van der Waals surface area (Å²) < 4.78 is 9.94. The highest BCUT2D eigenvalue weighted by molar-refractivity contribution is 6.01. The summed E-state index contributed by atoms with van der Waals surface area (Å²) in [5.41, 5.74) is 5.20. The number of nitrogens with two attached hydrogens (primary N) is 1. The minimum atomic E-state index is -0.794. The van der Waals surface area contributed by atoms with Crippen LogP contribution in [0.3, 0.4) is 0 Å². The number of hydrogen-bond donors (Lipinski definition) is 1. The Hall–Kier alpha value is -1.51. The Morgan fingerprint density at radius 2 is 1.72 bits per heavy atom. The van der Waals surface area contributed by atoms with Gasteiger partial charge in [-0.25, -0.2) is 4.79 Å². The van der Waals surface area contributed by atoms with Crippen molar-refractivity contribution in [2.45, 2.75) is 12.8 Å². The van der Waals surface area contributed by atoms with Crippen LogP contribution in [0, 0.1) is 0 Å². The summed E-state index contributed by atoms with van der Waals surface area (Å²) in [6.07, 6.45) is 0.139. The molecule has 0 atom stereocenters. The van der Waals surface area contributed by atoms with Crippen LogP contribution in [0.25, 0.3) is 0 Å². The summed E-state index contributed by atoms with van der Waals surface area (Å²) in [7, 11) is 0. The molecule has 0 aromatic carbocycles. The number of nitrogens with zero attached hydrogens (tertiary/aromatic N) is 1. The van der Waals surface area contributed by atoms with E-state index in [0.717, 1.165) is 0 Å². The first-order chi connectivity index (χ1) is 8.65. The molecule has 2 N–H and O–H groups in total. The number of imide groups is 1. The van der Waals surface area contributed by atoms with Gasteiger partial charge >= 0.3 is 5.97 Å². The number of hydrogen-bond acceptors (Lipinski definition) is 7. The van der Waals surface area contributed by atoms with Crippen LogP contribution in [0.5, 0.6) is 0 Å². The van der Waals surface area contributed by atoms with E-state index in [1.54, 1.807) is 0 Å². The third-order valence-electron chi connectivity index (χ3n) is 2.05. The molecule has 1 heterocycles. The molecule has 2 amide bonds. The maximum absolute atomic E-state index is 11.2. The second-order valence-electron chi connectivity index (χ2n) is 3.50. The van der Waals surface area contributed by atoms with Crippen molar-refractivity contribution >= 4 is 17.8 Å². The largest absolute Gasteiger partial charge is 0.378 e. The molecule has 0 aliphatic carbocycles. The zero-order valence-electron chi connectivity index (χ0n) is 9.92. The molecule has 0 unspecified atom stereocenters. The van der Waals surface area contributed by atoms with Crippen LogP contribution in [0.2, 0.25) is 0 Å². The third kappa shape index (κ3) is 4.78. The second kappa shape index (κ2) is 7.75. The van der Waals surface area contributed by atoms with E-state index in [1.807, 2.05) is 0 Å². The van der Waals surface area contributed by atoms with Gasteiger partial charge in [0.2, 0.25) is 0 Å². The van der Waals surface area contributed by atoms with E-state index in [-0.39, 0.29) is 26.1 Å². The molecule has 1 fully saturated rings. The Labute approximate surface area is 104 Å². The predicted molar refractivity (Wildman–Crippen MR) is 57.9 cm³/mol. The summed E-state index contributed by atoms with van der Waals surface area (Å²) in [4.78, 5) is 38.0. The van der Waals surface area contributed by atoms with Gasteiger partial charge in [-0.3, -0.25) is 9.59 Å². The number of amides is 2. The summed E-state index contributed by atoms with van der Waals surface area (Å²) in [5.74, 6) is -1.82. The lowest BCUT2D eigenvalue weighted by molar-refractivity contribution is -0.200. The standard InChI is InChI=1S/C10H16N2O6/c11-3-4-16-5-6-17-7-10(15)18-12-8(13)1-2-9(12)14/h1-7,11H2. The normalized spacial score (nSPS) is 15.3. The molecule has 0 radical (unpaired) electrons. The van der Waals surface area contributed by atoms with E-state index in [0.29, 0.717) is 24.8 Å². The van der Waals surface area contributed by atoms with E-state index in [1.165, 1.54) is 0 Å². The molecule has 0 spiro atoms. The fourth-order valence-corrected chi connectivity index (χ4v) is 1.24. The topological polar surface area (TPSA) is 108 Å². The van der Waals surface area contributed by atoms with Crippen molar-refractivity contribution < 1.29 is 28.7 Å². The first kappa shape index (κ1) is 14.6. The molecular weight excluding hydrogens is 244 g/mol. The van der Waals surface area contributed by atoms with Crippen molar-refractivity contribution in [2.24, 2.45) is 5.73 Å². The Balaban J connectivity index is 2.10. The maximum Gasteiger partial charge on any atom is 0.358 e. The summed E-state index contributed by atoms with van der Waals surface area (Å²) >= 11 is 0. The Bertz CT molecular complexity index is 303. The van der Waals surface area contributed by atoms with Gasteiger partial charge in [0.15, 0.2) is 0 Å². The zero-order chi connectivity index (χ0) is 13.4. The molecule has 0 saturated carbocycles. The van der Waals surface area contributed by atoms with Crippen LogP contribution < -0.4 is 5.73 Å². The van der Waals surface area contributed by atoms with Crippen LogP contribution in [0.4, 0.5) is 0 Å². The minimum absolute atomic E-state index is 0.0693. The number of rotatable bonds is 8. The summed E-state index contributed by atoms with van der Waals surface area (Å²) in [6.45, 7) is 1.01. The molecular formula is C10H16N2O6. The highest BCUT2D eigenvalue weighted by Gasteiger charge is 2.32. The molecule has 8 nitrogen and oxygen atoms in total. The van der Waals surface area contributed by atoms with Crippen LogP contribution in [-0.2, 0) is 28.7 Å². The quantitative estimate of drug-likeness (QED) is 0.421. The highest BCUT2D eigenvalue weighted by Crippen LogP contribution is 2.11. The van der Waals surface area contributed by atoms with Gasteiger partial charge in [0, 0.05) is 19.4 Å². The van der Waals surface area contributed by atoms with Crippen molar-refractivity contribution in [1.29, 1.82) is 0 Å². The first-order valence-corrected chi connectivity index (χ1v) is 5.57. The average molecular weight is 260 g/mol. The fourth-order valence-electron chi connectivity index (χ4n) is 1.24. The molecule has 0 bridgehead atoms. The van der Waals surface area contributed by atoms with E-state index < -0.39 is 17.8 Å². The van der Waals surface area contributed by atoms with Crippen LogP contribution in [-0.4, -0.2) is 55.8 Å². The Morgan fingerprint density at radius 1 is 1.11 bits per heavy atom. The molecule has 1 rings (SSSR count). The molecule has 18 heavy (non-hydrogen) atoms. The van der Waals surface area contributed by atoms with Gasteiger partial charge in [-0.1, -0.05) is 0 Å². The molecule has 0 aromatic rings. The lowest BCUT2D eigenvalue weighted by Crippen LogP contribution is -2.33. The van der Waals surface area contributed by atoms with E-state index in [9.17, 15) is 14.4 Å². The van der Waals surface area contributed by atoms with Gasteiger partial charge in [0.25, 0.3) is 11.8 Å². The Kier molecular flexibility index (Phi) is 6.26. The van der Waals surface area contributed by atoms with Crippen molar-refractivity contribution in [2.75, 3.05) is 33.0 Å². The lowest BCUT2D eigenvalue weighted by Gasteiger charge is -2.12. The molecule has 1 saturated heterocycles. The van der Waals surface area contributed by atoms with Crippen molar-refractivity contribution in [1.82, 2.24) is 5.06 Å². The smallest absolute Gasteiger partial charge is 0.358 e. The van der Waals surface area contributed by atoms with E-state index >= 15 is 0 Å². The van der Waals surface area contributed by atoms with Gasteiger partial charge in [-0.15, -0.1) is 5.06 Å². The van der Waals surface area contributed by atoms with Crippen LogP contribution in [0.1, 0.15) is 12.8 Å². The Morgan fingerprint density at radius 3 is 2.33 bits per heavy atom. The molecule has 1 aliphatic rings. The number of hydroxylamine groups is 2. The van der Waals surface area contributed by atoms with Crippen LogP contribution in [0.15, 0.2) is 0 Å². The molecule has 8 heteroatoms. The van der Waals surface area contributed by atoms with Crippen molar-refractivity contribution in [3.63, 3.8) is 0 Å². The van der Waals surface area contributed by atoms with Gasteiger partial charge < -0.3 is 20.0 Å². The monoisotopic (exact) mass is 260 g/mol. The molecule has 102 valence electrons. The van der Waals surface area contributed by atoms with Crippen LogP contribution >= 0.6 is 0 Å². The fraction of sp³-hybridized carbons (Fsp3) is 0.700. The molecule has 0 aromatic heterocycles. The number of ether oxygens (including phenoxy) is 2. The van der Waals surface area contributed by atoms with E-state index in [4.69, 9.17) is 15.2 Å². The summed E-state index contributed by atoms with van der Waals surface area (Å²) in [6, 6.07) is 0.